The van der Waals surface area contributed by atoms with Gasteiger partial charge < -0.3 is 5.32 Å². The van der Waals surface area contributed by atoms with Crippen molar-refractivity contribution in [1.29, 1.82) is 0 Å². The zero-order valence-corrected chi connectivity index (χ0v) is 10.4. The van der Waals surface area contributed by atoms with Crippen LogP contribution in [-0.4, -0.2) is 6.04 Å². The van der Waals surface area contributed by atoms with Crippen molar-refractivity contribution in [3.63, 3.8) is 0 Å². The fraction of sp³-hybridized carbons (Fsp3) is 0.538. The molecule has 1 saturated carbocycles. The number of hydrogen-bond acceptors (Lipinski definition) is 1. The molecule has 1 fully saturated rings. The van der Waals surface area contributed by atoms with Gasteiger partial charge in [0.1, 0.15) is 11.6 Å². The molecule has 0 heterocycles. The molecule has 4 heteroatoms. The summed E-state index contributed by atoms with van der Waals surface area (Å²) >= 11 is 5.50. The third-order valence-corrected chi connectivity index (χ3v) is 3.57. The molecule has 0 bridgehead atoms. The molecule has 17 heavy (non-hydrogen) atoms. The van der Waals surface area contributed by atoms with Crippen molar-refractivity contribution < 1.29 is 8.78 Å². The average Bonchev–Trinajstić information content (AvgIpc) is 2.33. The topological polar surface area (TPSA) is 12.0 Å². The Labute approximate surface area is 105 Å². The summed E-state index contributed by atoms with van der Waals surface area (Å²) in [6.07, 6.45) is 5.96. The molecule has 0 atom stereocenters. The molecule has 1 aromatic rings. The molecule has 0 radical (unpaired) electrons. The molecule has 1 nitrogen and oxygen atoms in total. The van der Waals surface area contributed by atoms with Crippen LogP contribution in [0, 0.1) is 11.6 Å². The van der Waals surface area contributed by atoms with Gasteiger partial charge in [-0.05, 0) is 25.0 Å². The van der Waals surface area contributed by atoms with E-state index in [0.717, 1.165) is 18.9 Å². The summed E-state index contributed by atoms with van der Waals surface area (Å²) in [5.74, 6) is -1.01. The molecule has 94 valence electrons. The van der Waals surface area contributed by atoms with E-state index in [1.807, 2.05) is 0 Å². The van der Waals surface area contributed by atoms with E-state index in [2.05, 4.69) is 5.32 Å². The first-order chi connectivity index (χ1) is 8.16. The van der Waals surface area contributed by atoms with E-state index in [9.17, 15) is 8.78 Å². The molecular formula is C13H16ClF2N. The van der Waals surface area contributed by atoms with Crippen LogP contribution >= 0.6 is 11.6 Å². The van der Waals surface area contributed by atoms with E-state index in [1.165, 1.54) is 25.3 Å². The Morgan fingerprint density at radius 2 is 1.82 bits per heavy atom. The fourth-order valence-corrected chi connectivity index (χ4v) is 2.41. The van der Waals surface area contributed by atoms with Crippen LogP contribution in [0.2, 0.25) is 5.02 Å². The van der Waals surface area contributed by atoms with Gasteiger partial charge in [-0.3, -0.25) is 0 Å². The van der Waals surface area contributed by atoms with Gasteiger partial charge in [0, 0.05) is 18.2 Å². The first kappa shape index (κ1) is 12.8. The van der Waals surface area contributed by atoms with Gasteiger partial charge in [0.25, 0.3) is 0 Å². The van der Waals surface area contributed by atoms with Gasteiger partial charge in [-0.15, -0.1) is 0 Å². The highest BCUT2D eigenvalue weighted by molar-refractivity contribution is 6.30. The monoisotopic (exact) mass is 259 g/mol. The highest BCUT2D eigenvalue weighted by Gasteiger charge is 2.14. The summed E-state index contributed by atoms with van der Waals surface area (Å²) in [7, 11) is 0. The van der Waals surface area contributed by atoms with E-state index in [1.54, 1.807) is 0 Å². The SMILES string of the molecule is Fc1cc(CNC2CCCCC2)c(F)cc1Cl. The fourth-order valence-electron chi connectivity index (χ4n) is 2.26. The molecule has 0 unspecified atom stereocenters. The Balaban J connectivity index is 1.96. The Kier molecular flexibility index (Phi) is 4.35. The number of benzene rings is 1. The summed E-state index contributed by atoms with van der Waals surface area (Å²) in [4.78, 5) is 0. The lowest BCUT2D eigenvalue weighted by molar-refractivity contribution is 0.369. The third kappa shape index (κ3) is 3.39. The van der Waals surface area contributed by atoms with Crippen molar-refractivity contribution in [2.24, 2.45) is 0 Å². The second-order valence-electron chi connectivity index (χ2n) is 4.57. The standard InChI is InChI=1S/C13H16ClF2N/c14-11-7-12(15)9(6-13(11)16)8-17-10-4-2-1-3-5-10/h6-7,10,17H,1-5,8H2. The quantitative estimate of drug-likeness (QED) is 0.808. The molecule has 0 saturated heterocycles. The first-order valence-corrected chi connectivity index (χ1v) is 6.41. The minimum atomic E-state index is -0.562. The van der Waals surface area contributed by atoms with Crippen LogP contribution < -0.4 is 5.32 Å². The van der Waals surface area contributed by atoms with Crippen LogP contribution in [0.1, 0.15) is 37.7 Å². The molecule has 1 aliphatic carbocycles. The van der Waals surface area contributed by atoms with Crippen molar-refractivity contribution in [2.75, 3.05) is 0 Å². The molecule has 0 aliphatic heterocycles. The van der Waals surface area contributed by atoms with Crippen molar-refractivity contribution in [3.8, 4) is 0 Å². The molecule has 1 N–H and O–H groups in total. The van der Waals surface area contributed by atoms with Crippen molar-refractivity contribution >= 4 is 11.6 Å². The minimum Gasteiger partial charge on any atom is -0.310 e. The van der Waals surface area contributed by atoms with E-state index in [0.29, 0.717) is 18.2 Å². The highest BCUT2D eigenvalue weighted by atomic mass is 35.5. The van der Waals surface area contributed by atoms with Gasteiger partial charge in [-0.2, -0.15) is 0 Å². The number of hydrogen-bond donors (Lipinski definition) is 1. The molecule has 0 amide bonds. The summed E-state index contributed by atoms with van der Waals surface area (Å²) in [6.45, 7) is 0.366. The van der Waals surface area contributed by atoms with Gasteiger partial charge in [0.15, 0.2) is 0 Å². The van der Waals surface area contributed by atoms with Gasteiger partial charge >= 0.3 is 0 Å². The van der Waals surface area contributed by atoms with E-state index in [4.69, 9.17) is 11.6 Å². The minimum absolute atomic E-state index is 0.163. The van der Waals surface area contributed by atoms with Gasteiger partial charge in [0.05, 0.1) is 5.02 Å². The Hall–Kier alpha value is -0.670. The summed E-state index contributed by atoms with van der Waals surface area (Å²) in [6, 6.07) is 2.64. The lowest BCUT2D eigenvalue weighted by atomic mass is 9.95. The third-order valence-electron chi connectivity index (χ3n) is 3.28. The molecule has 2 rings (SSSR count). The summed E-state index contributed by atoms with van der Waals surface area (Å²) in [5.41, 5.74) is 0.345. The van der Waals surface area contributed by atoms with Crippen molar-refractivity contribution in [1.82, 2.24) is 5.32 Å². The van der Waals surface area contributed by atoms with Crippen LogP contribution in [0.4, 0.5) is 8.78 Å². The number of rotatable bonds is 3. The van der Waals surface area contributed by atoms with Crippen LogP contribution in [0.3, 0.4) is 0 Å². The second kappa shape index (κ2) is 5.78. The molecule has 0 aromatic heterocycles. The van der Waals surface area contributed by atoms with E-state index >= 15 is 0 Å². The van der Waals surface area contributed by atoms with E-state index in [-0.39, 0.29) is 5.02 Å². The number of halogens is 3. The molecule has 0 spiro atoms. The van der Waals surface area contributed by atoms with Gasteiger partial charge in [0.2, 0.25) is 0 Å². The maximum absolute atomic E-state index is 13.5. The highest BCUT2D eigenvalue weighted by Crippen LogP contribution is 2.21. The lowest BCUT2D eigenvalue weighted by Crippen LogP contribution is -2.30. The molecule has 1 aromatic carbocycles. The van der Waals surface area contributed by atoms with Gasteiger partial charge in [-0.25, -0.2) is 8.78 Å². The smallest absolute Gasteiger partial charge is 0.142 e. The zero-order valence-electron chi connectivity index (χ0n) is 9.61. The van der Waals surface area contributed by atoms with Crippen molar-refractivity contribution in [2.45, 2.75) is 44.7 Å². The first-order valence-electron chi connectivity index (χ1n) is 6.03. The Morgan fingerprint density at radius 3 is 2.53 bits per heavy atom. The summed E-state index contributed by atoms with van der Waals surface area (Å²) in [5, 5.41) is 3.11. The van der Waals surface area contributed by atoms with Crippen molar-refractivity contribution in [3.05, 3.63) is 34.4 Å². The Bertz CT molecular complexity index is 389. The summed E-state index contributed by atoms with van der Waals surface area (Å²) < 4.78 is 26.7. The zero-order chi connectivity index (χ0) is 12.3. The Morgan fingerprint density at radius 1 is 1.12 bits per heavy atom. The van der Waals surface area contributed by atoms with E-state index < -0.39 is 11.6 Å². The van der Waals surface area contributed by atoms with Crippen LogP contribution in [-0.2, 0) is 6.54 Å². The van der Waals surface area contributed by atoms with Crippen LogP contribution in [0.15, 0.2) is 12.1 Å². The van der Waals surface area contributed by atoms with Crippen LogP contribution in [0.5, 0.6) is 0 Å². The van der Waals surface area contributed by atoms with Gasteiger partial charge in [-0.1, -0.05) is 30.9 Å². The maximum Gasteiger partial charge on any atom is 0.142 e. The second-order valence-corrected chi connectivity index (χ2v) is 4.98. The lowest BCUT2D eigenvalue weighted by Gasteiger charge is -2.23. The largest absolute Gasteiger partial charge is 0.310 e. The molecular weight excluding hydrogens is 244 g/mol. The normalized spacial score (nSPS) is 17.4. The maximum atomic E-state index is 13.5. The predicted molar refractivity (Wildman–Crippen MR) is 65.1 cm³/mol. The van der Waals surface area contributed by atoms with Crippen LogP contribution in [0.25, 0.3) is 0 Å². The average molecular weight is 260 g/mol. The molecule has 1 aliphatic rings. The predicted octanol–water partition coefficient (Wildman–Crippen LogP) is 4.04. The number of nitrogens with one attached hydrogen (secondary N) is 1.